The summed E-state index contributed by atoms with van der Waals surface area (Å²) in [6, 6.07) is 9.46. The standard InChI is InChI=1S/C11H13F2N/c12-11(13)8-14-7-10(11)6-9-4-2-1-3-5-9/h1-5,10,14H,6-8H2. The number of benzene rings is 1. The fraction of sp³-hybridized carbons (Fsp3) is 0.455. The minimum absolute atomic E-state index is 0.176. The van der Waals surface area contributed by atoms with Crippen molar-refractivity contribution in [3.05, 3.63) is 35.9 Å². The zero-order valence-corrected chi connectivity index (χ0v) is 7.84. The Morgan fingerprint density at radius 2 is 2.00 bits per heavy atom. The maximum Gasteiger partial charge on any atom is 0.264 e. The van der Waals surface area contributed by atoms with Gasteiger partial charge in [-0.05, 0) is 12.0 Å². The molecule has 1 fully saturated rings. The van der Waals surface area contributed by atoms with E-state index in [9.17, 15) is 8.78 Å². The molecule has 0 aromatic heterocycles. The van der Waals surface area contributed by atoms with Gasteiger partial charge in [0, 0.05) is 12.5 Å². The van der Waals surface area contributed by atoms with Crippen molar-refractivity contribution < 1.29 is 8.78 Å². The van der Waals surface area contributed by atoms with E-state index < -0.39 is 11.8 Å². The number of halogens is 2. The van der Waals surface area contributed by atoms with Crippen LogP contribution < -0.4 is 5.32 Å². The van der Waals surface area contributed by atoms with Gasteiger partial charge >= 0.3 is 0 Å². The smallest absolute Gasteiger partial charge is 0.264 e. The molecule has 1 nitrogen and oxygen atoms in total. The molecule has 0 aliphatic carbocycles. The van der Waals surface area contributed by atoms with E-state index in [1.807, 2.05) is 30.3 Å². The van der Waals surface area contributed by atoms with Crippen LogP contribution in [0.15, 0.2) is 30.3 Å². The normalized spacial score (nSPS) is 25.1. The molecule has 0 spiro atoms. The van der Waals surface area contributed by atoms with Gasteiger partial charge in [0.2, 0.25) is 0 Å². The minimum atomic E-state index is -2.55. The molecule has 1 saturated heterocycles. The first-order valence-electron chi connectivity index (χ1n) is 4.81. The Morgan fingerprint density at radius 3 is 2.57 bits per heavy atom. The van der Waals surface area contributed by atoms with E-state index in [1.165, 1.54) is 0 Å². The molecule has 3 heteroatoms. The van der Waals surface area contributed by atoms with Crippen LogP contribution in [0.3, 0.4) is 0 Å². The van der Waals surface area contributed by atoms with Gasteiger partial charge < -0.3 is 5.32 Å². The zero-order chi connectivity index (χ0) is 10.0. The maximum atomic E-state index is 13.2. The Hall–Kier alpha value is -0.960. The van der Waals surface area contributed by atoms with Gasteiger partial charge in [0.25, 0.3) is 5.92 Å². The highest BCUT2D eigenvalue weighted by Crippen LogP contribution is 2.30. The van der Waals surface area contributed by atoms with Gasteiger partial charge in [0.1, 0.15) is 0 Å². The van der Waals surface area contributed by atoms with E-state index >= 15 is 0 Å². The summed E-state index contributed by atoms with van der Waals surface area (Å²) in [6.07, 6.45) is 0.459. The summed E-state index contributed by atoms with van der Waals surface area (Å²) in [5, 5.41) is 2.73. The van der Waals surface area contributed by atoms with E-state index in [2.05, 4.69) is 5.32 Å². The average Bonchev–Trinajstić information content (AvgIpc) is 2.48. The SMILES string of the molecule is FC1(F)CNCC1Cc1ccccc1. The highest BCUT2D eigenvalue weighted by Gasteiger charge is 2.43. The fourth-order valence-electron chi connectivity index (χ4n) is 1.83. The molecule has 1 atom stereocenters. The second-order valence-corrected chi connectivity index (χ2v) is 3.78. The van der Waals surface area contributed by atoms with Crippen LogP contribution >= 0.6 is 0 Å². The van der Waals surface area contributed by atoms with Crippen LogP contribution in [0.2, 0.25) is 0 Å². The van der Waals surface area contributed by atoms with Crippen molar-refractivity contribution in [1.82, 2.24) is 5.32 Å². The predicted octanol–water partition coefficient (Wildman–Crippen LogP) is 2.08. The molecule has 0 saturated carbocycles. The summed E-state index contributed by atoms with van der Waals surface area (Å²) >= 11 is 0. The average molecular weight is 197 g/mol. The van der Waals surface area contributed by atoms with Crippen LogP contribution in [-0.2, 0) is 6.42 Å². The fourth-order valence-corrected chi connectivity index (χ4v) is 1.83. The second kappa shape index (κ2) is 3.65. The first-order valence-corrected chi connectivity index (χ1v) is 4.81. The number of rotatable bonds is 2. The van der Waals surface area contributed by atoms with E-state index in [4.69, 9.17) is 0 Å². The third-order valence-electron chi connectivity index (χ3n) is 2.67. The quantitative estimate of drug-likeness (QED) is 0.765. The van der Waals surface area contributed by atoms with Crippen LogP contribution in [0.1, 0.15) is 5.56 Å². The molecule has 1 heterocycles. The molecule has 0 amide bonds. The number of nitrogens with one attached hydrogen (secondary N) is 1. The van der Waals surface area contributed by atoms with Crippen molar-refractivity contribution in [1.29, 1.82) is 0 Å². The highest BCUT2D eigenvalue weighted by molar-refractivity contribution is 5.16. The summed E-state index contributed by atoms with van der Waals surface area (Å²) in [7, 11) is 0. The third kappa shape index (κ3) is 1.93. The van der Waals surface area contributed by atoms with E-state index in [0.717, 1.165) is 5.56 Å². The van der Waals surface area contributed by atoms with E-state index in [0.29, 0.717) is 13.0 Å². The van der Waals surface area contributed by atoms with Gasteiger partial charge in [0.15, 0.2) is 0 Å². The first kappa shape index (κ1) is 9.59. The Labute approximate surface area is 82.1 Å². The lowest BCUT2D eigenvalue weighted by molar-refractivity contribution is -0.0212. The van der Waals surface area contributed by atoms with Crippen molar-refractivity contribution in [2.45, 2.75) is 12.3 Å². The molecule has 14 heavy (non-hydrogen) atoms. The van der Waals surface area contributed by atoms with Crippen molar-refractivity contribution in [2.24, 2.45) is 5.92 Å². The van der Waals surface area contributed by atoms with Crippen LogP contribution in [0.25, 0.3) is 0 Å². The second-order valence-electron chi connectivity index (χ2n) is 3.78. The summed E-state index contributed by atoms with van der Waals surface area (Å²) in [5.41, 5.74) is 0.987. The van der Waals surface area contributed by atoms with Crippen LogP contribution in [0.5, 0.6) is 0 Å². The maximum absolute atomic E-state index is 13.2. The molecular weight excluding hydrogens is 184 g/mol. The van der Waals surface area contributed by atoms with Crippen LogP contribution in [-0.4, -0.2) is 19.0 Å². The molecule has 0 bridgehead atoms. The van der Waals surface area contributed by atoms with E-state index in [1.54, 1.807) is 0 Å². The number of alkyl halides is 2. The molecule has 1 unspecified atom stereocenters. The van der Waals surface area contributed by atoms with Crippen molar-refractivity contribution in [3.63, 3.8) is 0 Å². The molecule has 2 rings (SSSR count). The Balaban J connectivity index is 2.05. The molecule has 1 aliphatic rings. The van der Waals surface area contributed by atoms with Gasteiger partial charge in [-0.2, -0.15) is 0 Å². The summed E-state index contributed by atoms with van der Waals surface area (Å²) in [5.74, 6) is -3.10. The lowest BCUT2D eigenvalue weighted by Crippen LogP contribution is -2.28. The zero-order valence-electron chi connectivity index (χ0n) is 7.84. The molecule has 1 aromatic rings. The Morgan fingerprint density at radius 1 is 1.29 bits per heavy atom. The largest absolute Gasteiger partial charge is 0.311 e. The van der Waals surface area contributed by atoms with Crippen molar-refractivity contribution >= 4 is 0 Å². The first-order chi connectivity index (χ1) is 6.68. The van der Waals surface area contributed by atoms with Gasteiger partial charge in [-0.1, -0.05) is 30.3 Å². The molecule has 76 valence electrons. The van der Waals surface area contributed by atoms with Gasteiger partial charge in [-0.3, -0.25) is 0 Å². The number of hydrogen-bond acceptors (Lipinski definition) is 1. The Bertz CT molecular complexity index is 297. The topological polar surface area (TPSA) is 12.0 Å². The minimum Gasteiger partial charge on any atom is -0.311 e. The van der Waals surface area contributed by atoms with Crippen molar-refractivity contribution in [3.8, 4) is 0 Å². The van der Waals surface area contributed by atoms with Gasteiger partial charge in [0.05, 0.1) is 6.54 Å². The molecular formula is C11H13F2N. The summed E-state index contributed by atoms with van der Waals surface area (Å²) < 4.78 is 26.5. The molecule has 0 radical (unpaired) electrons. The Kier molecular flexibility index (Phi) is 2.50. The van der Waals surface area contributed by atoms with Crippen molar-refractivity contribution in [2.75, 3.05) is 13.1 Å². The van der Waals surface area contributed by atoms with Crippen LogP contribution in [0, 0.1) is 5.92 Å². The monoisotopic (exact) mass is 197 g/mol. The molecule has 1 N–H and O–H groups in total. The lowest BCUT2D eigenvalue weighted by atomic mass is 9.96. The summed E-state index contributed by atoms with van der Waals surface area (Å²) in [6.45, 7) is 0.242. The van der Waals surface area contributed by atoms with Gasteiger partial charge in [-0.25, -0.2) is 8.78 Å². The number of hydrogen-bond donors (Lipinski definition) is 1. The molecule has 1 aromatic carbocycles. The lowest BCUT2D eigenvalue weighted by Gasteiger charge is -2.17. The summed E-state index contributed by atoms with van der Waals surface area (Å²) in [4.78, 5) is 0. The third-order valence-corrected chi connectivity index (χ3v) is 2.67. The van der Waals surface area contributed by atoms with Gasteiger partial charge in [-0.15, -0.1) is 0 Å². The highest BCUT2D eigenvalue weighted by atomic mass is 19.3. The molecule has 1 aliphatic heterocycles. The van der Waals surface area contributed by atoms with Crippen LogP contribution in [0.4, 0.5) is 8.78 Å². The predicted molar refractivity (Wildman–Crippen MR) is 51.5 cm³/mol. The van der Waals surface area contributed by atoms with E-state index in [-0.39, 0.29) is 6.54 Å².